The predicted molar refractivity (Wildman–Crippen MR) is 116 cm³/mol. The molecule has 3 heterocycles. The zero-order valence-corrected chi connectivity index (χ0v) is 17.4. The number of carbonyl (C=O) groups excluding carboxylic acids is 3. The van der Waals surface area contributed by atoms with Gasteiger partial charge in [-0.15, -0.1) is 0 Å². The first-order valence-electron chi connectivity index (χ1n) is 10.3. The maximum atomic E-state index is 13.4. The highest BCUT2D eigenvalue weighted by molar-refractivity contribution is 6.11. The minimum Gasteiger partial charge on any atom is -0.497 e. The molecule has 2 aliphatic heterocycles. The van der Waals surface area contributed by atoms with Crippen LogP contribution < -0.4 is 10.1 Å². The van der Waals surface area contributed by atoms with E-state index in [1.807, 2.05) is 30.3 Å². The van der Waals surface area contributed by atoms with E-state index in [1.54, 1.807) is 41.2 Å². The fourth-order valence-electron chi connectivity index (χ4n) is 4.15. The van der Waals surface area contributed by atoms with Gasteiger partial charge in [-0.05, 0) is 47.5 Å². The summed E-state index contributed by atoms with van der Waals surface area (Å²) in [7, 11) is 1.61. The number of ether oxygens (including phenoxy) is 1. The Balaban J connectivity index is 1.43. The number of nitrogens with one attached hydrogen (secondary N) is 1. The summed E-state index contributed by atoms with van der Waals surface area (Å²) >= 11 is 0. The molecule has 162 valence electrons. The summed E-state index contributed by atoms with van der Waals surface area (Å²) in [6.45, 7) is 0.689. The Bertz CT molecular complexity index is 1190. The van der Waals surface area contributed by atoms with Crippen molar-refractivity contribution in [2.75, 3.05) is 32.1 Å². The number of carbonyl (C=O) groups is 3. The second kappa shape index (κ2) is 7.88. The van der Waals surface area contributed by atoms with Crippen LogP contribution in [0.4, 0.5) is 5.69 Å². The van der Waals surface area contributed by atoms with E-state index in [0.717, 1.165) is 16.9 Å². The van der Waals surface area contributed by atoms with Gasteiger partial charge >= 0.3 is 0 Å². The number of amides is 3. The van der Waals surface area contributed by atoms with Crippen LogP contribution in [0.2, 0.25) is 0 Å². The molecule has 32 heavy (non-hydrogen) atoms. The molecular formula is C24H21N3O5. The number of benzene rings is 2. The van der Waals surface area contributed by atoms with Crippen molar-refractivity contribution in [3.05, 3.63) is 72.2 Å². The molecule has 0 bridgehead atoms. The van der Waals surface area contributed by atoms with Crippen molar-refractivity contribution in [2.24, 2.45) is 0 Å². The van der Waals surface area contributed by atoms with Gasteiger partial charge in [0.1, 0.15) is 11.8 Å². The molecule has 0 spiro atoms. The van der Waals surface area contributed by atoms with E-state index in [-0.39, 0.29) is 36.6 Å². The van der Waals surface area contributed by atoms with Crippen LogP contribution in [-0.2, 0) is 4.79 Å². The summed E-state index contributed by atoms with van der Waals surface area (Å²) in [6.07, 6.45) is 1.43. The van der Waals surface area contributed by atoms with Gasteiger partial charge in [-0.25, -0.2) is 0 Å². The van der Waals surface area contributed by atoms with Crippen molar-refractivity contribution in [1.29, 1.82) is 0 Å². The number of piperazine rings is 1. The average molecular weight is 431 g/mol. The molecule has 0 radical (unpaired) electrons. The third kappa shape index (κ3) is 3.39. The number of fused-ring (bicyclic) bond motifs is 2. The van der Waals surface area contributed by atoms with Gasteiger partial charge in [0.2, 0.25) is 5.91 Å². The number of rotatable bonds is 3. The number of furan rings is 1. The van der Waals surface area contributed by atoms with E-state index >= 15 is 0 Å². The van der Waals surface area contributed by atoms with Gasteiger partial charge in [0.25, 0.3) is 11.8 Å². The van der Waals surface area contributed by atoms with E-state index in [4.69, 9.17) is 9.15 Å². The smallest absolute Gasteiger partial charge is 0.289 e. The second-order valence-electron chi connectivity index (χ2n) is 7.72. The highest BCUT2D eigenvalue weighted by Gasteiger charge is 2.41. The Hall–Kier alpha value is -4.07. The normalized spacial score (nSPS) is 17.8. The van der Waals surface area contributed by atoms with E-state index in [9.17, 15) is 14.4 Å². The third-order valence-corrected chi connectivity index (χ3v) is 5.89. The van der Waals surface area contributed by atoms with E-state index in [1.165, 1.54) is 6.26 Å². The first-order chi connectivity index (χ1) is 15.5. The summed E-state index contributed by atoms with van der Waals surface area (Å²) in [5, 5.41) is 2.86. The zero-order chi connectivity index (χ0) is 22.2. The average Bonchev–Trinajstić information content (AvgIpc) is 3.35. The van der Waals surface area contributed by atoms with Crippen LogP contribution in [0.15, 0.2) is 65.3 Å². The molecule has 8 nitrogen and oxygen atoms in total. The van der Waals surface area contributed by atoms with Crippen LogP contribution >= 0.6 is 0 Å². The van der Waals surface area contributed by atoms with Crippen molar-refractivity contribution in [2.45, 2.75) is 6.04 Å². The molecule has 1 unspecified atom stereocenters. The SMILES string of the molecule is COc1ccc(-c2ccc3c(c2)C(=O)N2CCN(C(=O)c4ccco4)CC2C(=O)N3)cc1. The van der Waals surface area contributed by atoms with E-state index < -0.39 is 6.04 Å². The molecule has 1 saturated heterocycles. The van der Waals surface area contributed by atoms with Crippen LogP contribution in [0.5, 0.6) is 5.75 Å². The Kier molecular flexibility index (Phi) is 4.89. The lowest BCUT2D eigenvalue weighted by Gasteiger charge is -2.39. The van der Waals surface area contributed by atoms with Gasteiger partial charge < -0.3 is 24.3 Å². The van der Waals surface area contributed by atoms with Gasteiger partial charge in [-0.2, -0.15) is 0 Å². The first kappa shape index (κ1) is 19.9. The van der Waals surface area contributed by atoms with Crippen LogP contribution in [0.3, 0.4) is 0 Å². The Morgan fingerprint density at radius 2 is 1.84 bits per heavy atom. The van der Waals surface area contributed by atoms with Crippen molar-refractivity contribution in [3.8, 4) is 16.9 Å². The molecule has 1 aromatic heterocycles. The predicted octanol–water partition coefficient (Wildman–Crippen LogP) is 2.87. The van der Waals surface area contributed by atoms with E-state index in [2.05, 4.69) is 5.32 Å². The Morgan fingerprint density at radius 3 is 2.56 bits per heavy atom. The summed E-state index contributed by atoms with van der Waals surface area (Å²) in [6, 6.07) is 15.4. The standard InChI is InChI=1S/C24H21N3O5/c1-31-17-7-4-15(5-8-17)16-6-9-19-18(13-16)23(29)27-11-10-26(14-20(27)22(28)25-19)24(30)21-3-2-12-32-21/h2-9,12-13,20H,10-11,14H2,1H3,(H,25,28). The molecule has 1 atom stereocenters. The largest absolute Gasteiger partial charge is 0.497 e. The van der Waals surface area contributed by atoms with Crippen molar-refractivity contribution in [1.82, 2.24) is 9.80 Å². The quantitative estimate of drug-likeness (QED) is 0.689. The number of anilines is 1. The molecular weight excluding hydrogens is 410 g/mol. The monoisotopic (exact) mass is 431 g/mol. The number of methoxy groups -OCH3 is 1. The van der Waals surface area contributed by atoms with Gasteiger partial charge in [0.05, 0.1) is 31.2 Å². The second-order valence-corrected chi connectivity index (χ2v) is 7.72. The Labute approximate surface area is 184 Å². The molecule has 0 saturated carbocycles. The van der Waals surface area contributed by atoms with Gasteiger partial charge in [-0.1, -0.05) is 18.2 Å². The highest BCUT2D eigenvalue weighted by Crippen LogP contribution is 2.31. The summed E-state index contributed by atoms with van der Waals surface area (Å²) in [5.74, 6) is 0.122. The molecule has 2 aliphatic rings. The van der Waals surface area contributed by atoms with Gasteiger partial charge in [0.15, 0.2) is 5.76 Å². The van der Waals surface area contributed by atoms with Crippen LogP contribution in [0.25, 0.3) is 11.1 Å². The maximum absolute atomic E-state index is 13.4. The van der Waals surface area contributed by atoms with Crippen molar-refractivity contribution < 1.29 is 23.5 Å². The molecule has 1 fully saturated rings. The minimum absolute atomic E-state index is 0.108. The third-order valence-electron chi connectivity index (χ3n) is 5.89. The summed E-state index contributed by atoms with van der Waals surface area (Å²) < 4.78 is 10.4. The van der Waals surface area contributed by atoms with Crippen LogP contribution in [0.1, 0.15) is 20.9 Å². The van der Waals surface area contributed by atoms with E-state index in [0.29, 0.717) is 17.8 Å². The van der Waals surface area contributed by atoms with Crippen LogP contribution in [0, 0.1) is 0 Å². The first-order valence-corrected chi connectivity index (χ1v) is 10.3. The number of nitrogens with zero attached hydrogens (tertiary/aromatic N) is 2. The molecule has 3 amide bonds. The topological polar surface area (TPSA) is 92.1 Å². The Morgan fingerprint density at radius 1 is 1.06 bits per heavy atom. The van der Waals surface area contributed by atoms with Crippen molar-refractivity contribution >= 4 is 23.4 Å². The lowest BCUT2D eigenvalue weighted by Crippen LogP contribution is -2.59. The lowest BCUT2D eigenvalue weighted by molar-refractivity contribution is -0.121. The van der Waals surface area contributed by atoms with Crippen LogP contribution in [-0.4, -0.2) is 60.3 Å². The lowest BCUT2D eigenvalue weighted by atomic mass is 10.0. The van der Waals surface area contributed by atoms with Gasteiger partial charge in [0, 0.05) is 13.1 Å². The zero-order valence-electron chi connectivity index (χ0n) is 17.4. The molecule has 8 heteroatoms. The summed E-state index contributed by atoms with van der Waals surface area (Å²) in [5.41, 5.74) is 2.69. The molecule has 0 aliphatic carbocycles. The fraction of sp³-hybridized carbons (Fsp3) is 0.208. The van der Waals surface area contributed by atoms with Crippen molar-refractivity contribution in [3.63, 3.8) is 0 Å². The number of hydrogen-bond donors (Lipinski definition) is 1. The van der Waals surface area contributed by atoms with Gasteiger partial charge in [-0.3, -0.25) is 14.4 Å². The minimum atomic E-state index is -0.771. The molecule has 5 rings (SSSR count). The molecule has 2 aromatic carbocycles. The maximum Gasteiger partial charge on any atom is 0.289 e. The molecule has 3 aromatic rings. The summed E-state index contributed by atoms with van der Waals surface area (Å²) in [4.78, 5) is 42.1. The number of hydrogen-bond acceptors (Lipinski definition) is 5. The fourth-order valence-corrected chi connectivity index (χ4v) is 4.15. The molecule has 1 N–H and O–H groups in total. The highest BCUT2D eigenvalue weighted by atomic mass is 16.5.